The van der Waals surface area contributed by atoms with Crippen LogP contribution >= 0.6 is 0 Å². The van der Waals surface area contributed by atoms with Gasteiger partial charge in [0.1, 0.15) is 0 Å². The molecule has 0 saturated heterocycles. The molecule has 13 heavy (non-hydrogen) atoms. The van der Waals surface area contributed by atoms with Crippen LogP contribution in [0.2, 0.25) is 0 Å². The van der Waals surface area contributed by atoms with E-state index in [1.54, 1.807) is 0 Å². The van der Waals surface area contributed by atoms with Gasteiger partial charge in [-0.25, -0.2) is 9.59 Å². The van der Waals surface area contributed by atoms with Crippen molar-refractivity contribution in [2.75, 3.05) is 6.61 Å². The lowest BCUT2D eigenvalue weighted by Gasteiger charge is -1.90. The molecule has 0 aliphatic heterocycles. The zero-order chi connectivity index (χ0) is 10.9. The lowest BCUT2D eigenvalue weighted by atomic mass is 10.5. The van der Waals surface area contributed by atoms with Gasteiger partial charge in [0.15, 0.2) is 0 Å². The second-order valence-electron chi connectivity index (χ2n) is 2.04. The summed E-state index contributed by atoms with van der Waals surface area (Å²) in [6.45, 7) is 1.39. The van der Waals surface area contributed by atoms with E-state index in [-0.39, 0.29) is 6.61 Å². The fraction of sp³-hybridized carbons (Fsp3) is 0.429. The maximum Gasteiger partial charge on any atom is 0.328 e. The fourth-order valence-electron chi connectivity index (χ4n) is 0.143. The van der Waals surface area contributed by atoms with Crippen LogP contribution in [-0.4, -0.2) is 45.1 Å². The summed E-state index contributed by atoms with van der Waals surface area (Å²) in [6.07, 6.45) is 0.556. The summed E-state index contributed by atoms with van der Waals surface area (Å²) in [6, 6.07) is 0. The van der Waals surface area contributed by atoms with Crippen molar-refractivity contribution >= 4 is 11.9 Å². The van der Waals surface area contributed by atoms with E-state index in [9.17, 15) is 9.59 Å². The molecule has 0 aliphatic carbocycles. The lowest BCUT2D eigenvalue weighted by Crippen LogP contribution is -2.03. The Bertz CT molecular complexity index is 167. The minimum atomic E-state index is -1.26. The van der Waals surface area contributed by atoms with Crippen LogP contribution in [0.1, 0.15) is 6.92 Å². The monoisotopic (exact) mass is 192 g/mol. The Morgan fingerprint density at radius 2 is 1.46 bits per heavy atom. The summed E-state index contributed by atoms with van der Waals surface area (Å²) in [5.41, 5.74) is 0. The van der Waals surface area contributed by atoms with Gasteiger partial charge in [-0.05, 0) is 6.92 Å². The first-order valence-corrected chi connectivity index (χ1v) is 3.33. The number of carboxylic acids is 2. The Labute approximate surface area is 74.7 Å². The first-order valence-electron chi connectivity index (χ1n) is 3.33. The molecule has 76 valence electrons. The molecule has 6 nitrogen and oxygen atoms in total. The van der Waals surface area contributed by atoms with Gasteiger partial charge < -0.3 is 20.4 Å². The molecular formula is C7H12O6. The third-order valence-corrected chi connectivity index (χ3v) is 0.633. The van der Waals surface area contributed by atoms with E-state index in [4.69, 9.17) is 20.4 Å². The third-order valence-electron chi connectivity index (χ3n) is 0.633. The molecule has 0 aromatic carbocycles. The van der Waals surface area contributed by atoms with E-state index in [1.807, 2.05) is 0 Å². The highest BCUT2D eigenvalue weighted by atomic mass is 16.4. The van der Waals surface area contributed by atoms with Crippen molar-refractivity contribution in [1.29, 1.82) is 0 Å². The Balaban J connectivity index is 0. The molecule has 0 amide bonds. The number of carboxylic acid groups (broad SMARTS) is 2. The SMILES string of the molecule is CC(O)CO.O=C(O)C=CC(=O)O. The van der Waals surface area contributed by atoms with Gasteiger partial charge in [-0.1, -0.05) is 0 Å². The molecule has 4 N–H and O–H groups in total. The predicted molar refractivity (Wildman–Crippen MR) is 43.2 cm³/mol. The Morgan fingerprint density at radius 3 is 1.54 bits per heavy atom. The maximum absolute atomic E-state index is 9.55. The van der Waals surface area contributed by atoms with E-state index in [2.05, 4.69) is 0 Å². The van der Waals surface area contributed by atoms with E-state index in [1.165, 1.54) is 6.92 Å². The van der Waals surface area contributed by atoms with Gasteiger partial charge in [0.25, 0.3) is 0 Å². The highest BCUT2D eigenvalue weighted by Crippen LogP contribution is 1.70. The molecule has 1 atom stereocenters. The quantitative estimate of drug-likeness (QED) is 0.429. The van der Waals surface area contributed by atoms with Gasteiger partial charge in [0, 0.05) is 12.2 Å². The first kappa shape index (κ1) is 14.1. The van der Waals surface area contributed by atoms with Gasteiger partial charge >= 0.3 is 11.9 Å². The van der Waals surface area contributed by atoms with E-state index < -0.39 is 18.0 Å². The minimum absolute atomic E-state index is 0.139. The third kappa shape index (κ3) is 25.0. The smallest absolute Gasteiger partial charge is 0.328 e. The fourth-order valence-corrected chi connectivity index (χ4v) is 0.143. The largest absolute Gasteiger partial charge is 0.478 e. The van der Waals surface area contributed by atoms with Gasteiger partial charge in [-0.15, -0.1) is 0 Å². The topological polar surface area (TPSA) is 115 Å². The van der Waals surface area contributed by atoms with Crippen LogP contribution in [0.25, 0.3) is 0 Å². The molecule has 0 aromatic rings. The van der Waals surface area contributed by atoms with E-state index in [0.29, 0.717) is 12.2 Å². The summed E-state index contributed by atoms with van der Waals surface area (Å²) in [7, 11) is 0. The van der Waals surface area contributed by atoms with Crippen molar-refractivity contribution in [3.05, 3.63) is 12.2 Å². The molecule has 0 fully saturated rings. The van der Waals surface area contributed by atoms with Crippen LogP contribution in [0.15, 0.2) is 12.2 Å². The molecule has 6 heteroatoms. The zero-order valence-electron chi connectivity index (χ0n) is 7.04. The highest BCUT2D eigenvalue weighted by molar-refractivity contribution is 5.89. The van der Waals surface area contributed by atoms with Gasteiger partial charge in [0.2, 0.25) is 0 Å². The number of aliphatic hydroxyl groups is 2. The molecule has 0 rings (SSSR count). The van der Waals surface area contributed by atoms with Crippen molar-refractivity contribution < 1.29 is 30.0 Å². The highest BCUT2D eigenvalue weighted by Gasteiger charge is 1.88. The van der Waals surface area contributed by atoms with E-state index >= 15 is 0 Å². The van der Waals surface area contributed by atoms with Crippen LogP contribution < -0.4 is 0 Å². The van der Waals surface area contributed by atoms with Crippen LogP contribution in [0.3, 0.4) is 0 Å². The predicted octanol–water partition coefficient (Wildman–Crippen LogP) is -0.929. The van der Waals surface area contributed by atoms with Crippen molar-refractivity contribution in [1.82, 2.24) is 0 Å². The summed E-state index contributed by atoms with van der Waals surface area (Å²) in [5, 5.41) is 31.6. The molecule has 0 heterocycles. The van der Waals surface area contributed by atoms with Crippen LogP contribution in [-0.2, 0) is 9.59 Å². The molecule has 0 aliphatic rings. The second kappa shape index (κ2) is 8.69. The zero-order valence-corrected chi connectivity index (χ0v) is 7.04. The summed E-state index contributed by atoms with van der Waals surface area (Å²) >= 11 is 0. The molecular weight excluding hydrogens is 180 g/mol. The Morgan fingerprint density at radius 1 is 1.23 bits per heavy atom. The van der Waals surface area contributed by atoms with Crippen LogP contribution in [0, 0.1) is 0 Å². The Hall–Kier alpha value is -1.40. The second-order valence-corrected chi connectivity index (χ2v) is 2.04. The summed E-state index contributed by atoms with van der Waals surface area (Å²) < 4.78 is 0. The maximum atomic E-state index is 9.55. The standard InChI is InChI=1S/C4H4O4.C3H8O2/c5-3(6)1-2-4(7)8;1-3(5)2-4/h1-2H,(H,5,6)(H,7,8);3-5H,2H2,1H3. The van der Waals surface area contributed by atoms with Crippen molar-refractivity contribution in [2.45, 2.75) is 13.0 Å². The molecule has 0 saturated carbocycles. The number of hydrogen-bond donors (Lipinski definition) is 4. The Kier molecular flexibility index (Phi) is 9.46. The number of carbonyl (C=O) groups is 2. The molecule has 0 spiro atoms. The average molecular weight is 192 g/mol. The first-order chi connectivity index (χ1) is 5.90. The lowest BCUT2D eigenvalue weighted by molar-refractivity contribution is -0.134. The summed E-state index contributed by atoms with van der Waals surface area (Å²) in [5.74, 6) is -2.51. The number of aliphatic carboxylic acids is 2. The minimum Gasteiger partial charge on any atom is -0.478 e. The summed E-state index contributed by atoms with van der Waals surface area (Å²) in [4.78, 5) is 19.1. The molecule has 0 radical (unpaired) electrons. The van der Waals surface area contributed by atoms with Crippen LogP contribution in [0.5, 0.6) is 0 Å². The molecule has 0 bridgehead atoms. The van der Waals surface area contributed by atoms with Crippen molar-refractivity contribution in [3.63, 3.8) is 0 Å². The van der Waals surface area contributed by atoms with Gasteiger partial charge in [-0.2, -0.15) is 0 Å². The number of rotatable bonds is 3. The van der Waals surface area contributed by atoms with Gasteiger partial charge in [0.05, 0.1) is 12.7 Å². The number of hydrogen-bond acceptors (Lipinski definition) is 4. The van der Waals surface area contributed by atoms with Crippen LogP contribution in [0.4, 0.5) is 0 Å². The van der Waals surface area contributed by atoms with Crippen molar-refractivity contribution in [3.8, 4) is 0 Å². The van der Waals surface area contributed by atoms with Gasteiger partial charge in [-0.3, -0.25) is 0 Å². The molecule has 0 aromatic heterocycles. The van der Waals surface area contributed by atoms with E-state index in [0.717, 1.165) is 0 Å². The normalized spacial score (nSPS) is 11.6. The average Bonchev–Trinajstić information content (AvgIpc) is 2.02. The van der Waals surface area contributed by atoms with Crippen molar-refractivity contribution in [2.24, 2.45) is 0 Å². The number of aliphatic hydroxyl groups excluding tert-OH is 2. The molecule has 1 unspecified atom stereocenters.